The van der Waals surface area contributed by atoms with Gasteiger partial charge in [-0.15, -0.1) is 0 Å². The lowest BCUT2D eigenvalue weighted by atomic mass is 10.6. The molecule has 0 amide bonds. The van der Waals surface area contributed by atoms with E-state index < -0.39 is 10.4 Å². The first kappa shape index (κ1) is 52.2. The minimum atomic E-state index is -4.43. The molecule has 0 aliphatic heterocycles. The van der Waals surface area contributed by atoms with Gasteiger partial charge in [0, 0.05) is 0 Å². The van der Waals surface area contributed by atoms with Gasteiger partial charge >= 0.3 is 10.4 Å². The average molecular weight is 803 g/mol. The van der Waals surface area contributed by atoms with Crippen LogP contribution in [-0.2, 0) is 85.6 Å². The van der Waals surface area contributed by atoms with E-state index in [1.54, 1.807) is 0 Å². The Hall–Kier alpha value is -0.770. The van der Waals surface area contributed by atoms with Crippen LogP contribution in [0, 0.1) is 0 Å². The van der Waals surface area contributed by atoms with Crippen molar-refractivity contribution in [2.24, 2.45) is 0 Å². The highest BCUT2D eigenvalue weighted by molar-refractivity contribution is 7.80. The van der Waals surface area contributed by atoms with E-state index in [0.717, 1.165) is 0 Å². The van der Waals surface area contributed by atoms with Crippen LogP contribution in [0.4, 0.5) is 0 Å². The number of ether oxygens (including phenoxy) is 15. The van der Waals surface area contributed by atoms with Crippen LogP contribution in [0.15, 0.2) is 0 Å². The van der Waals surface area contributed by atoms with E-state index in [9.17, 15) is 8.42 Å². The SMILES string of the molecule is O=S(=O)(O)OCCOCCOCCOCCOCCOCCOCCOCCOCCOCCOCCOCCOCCOCCOCCOCCO. The summed E-state index contributed by atoms with van der Waals surface area (Å²) in [6, 6.07) is 0. The summed E-state index contributed by atoms with van der Waals surface area (Å²) in [4.78, 5) is 0. The van der Waals surface area contributed by atoms with Gasteiger partial charge in [-0.2, -0.15) is 8.42 Å². The Kier molecular flexibility index (Phi) is 45.0. The number of aliphatic hydroxyl groups excluding tert-OH is 1. The molecule has 0 fully saturated rings. The zero-order valence-corrected chi connectivity index (χ0v) is 32.1. The van der Waals surface area contributed by atoms with Crippen LogP contribution in [0.1, 0.15) is 0 Å². The normalized spacial score (nSPS) is 12.0. The fourth-order valence-electron chi connectivity index (χ4n) is 3.44. The molecule has 320 valence electrons. The zero-order chi connectivity index (χ0) is 38.4. The molecular formula is C32H66O20S. The van der Waals surface area contributed by atoms with E-state index in [2.05, 4.69) is 4.18 Å². The smallest absolute Gasteiger partial charge is 0.394 e. The summed E-state index contributed by atoms with van der Waals surface area (Å²) in [5.41, 5.74) is 0. The van der Waals surface area contributed by atoms with Crippen LogP contribution in [0.2, 0.25) is 0 Å². The molecule has 2 N–H and O–H groups in total. The quantitative estimate of drug-likeness (QED) is 0.0559. The molecule has 21 heteroatoms. The molecule has 0 aliphatic rings. The van der Waals surface area contributed by atoms with E-state index in [1.807, 2.05) is 0 Å². The molecular weight excluding hydrogens is 736 g/mol. The minimum Gasteiger partial charge on any atom is -0.394 e. The molecule has 0 atom stereocenters. The van der Waals surface area contributed by atoms with E-state index in [0.29, 0.717) is 185 Å². The number of rotatable bonds is 48. The Morgan fingerprint density at radius 2 is 0.377 bits per heavy atom. The molecule has 53 heavy (non-hydrogen) atoms. The van der Waals surface area contributed by atoms with Gasteiger partial charge in [0.05, 0.1) is 211 Å². The van der Waals surface area contributed by atoms with Crippen molar-refractivity contribution >= 4 is 10.4 Å². The van der Waals surface area contributed by atoms with Crippen molar-refractivity contribution < 1.29 is 93.3 Å². The lowest BCUT2D eigenvalue weighted by molar-refractivity contribution is -0.0302. The second-order valence-electron chi connectivity index (χ2n) is 10.2. The van der Waals surface area contributed by atoms with Gasteiger partial charge in [0.2, 0.25) is 0 Å². The highest BCUT2D eigenvalue weighted by atomic mass is 32.3. The van der Waals surface area contributed by atoms with E-state index in [-0.39, 0.29) is 26.4 Å². The number of hydrogen-bond acceptors (Lipinski definition) is 19. The van der Waals surface area contributed by atoms with Crippen molar-refractivity contribution in [3.05, 3.63) is 0 Å². The molecule has 0 spiro atoms. The molecule has 20 nitrogen and oxygen atoms in total. The van der Waals surface area contributed by atoms with Gasteiger partial charge in [-0.3, -0.25) is 4.55 Å². The maximum atomic E-state index is 10.3. The minimum absolute atomic E-state index is 0.0170. The molecule has 0 rings (SSSR count). The fraction of sp³-hybridized carbons (Fsp3) is 1.00. The van der Waals surface area contributed by atoms with Crippen LogP contribution in [-0.4, -0.2) is 229 Å². The molecule has 0 unspecified atom stereocenters. The molecule has 0 saturated heterocycles. The first-order valence-electron chi connectivity index (χ1n) is 17.9. The van der Waals surface area contributed by atoms with Gasteiger partial charge in [0.15, 0.2) is 0 Å². The van der Waals surface area contributed by atoms with E-state index in [1.165, 1.54) is 0 Å². The first-order valence-corrected chi connectivity index (χ1v) is 19.3. The molecule has 0 bridgehead atoms. The molecule has 0 aromatic heterocycles. The summed E-state index contributed by atoms with van der Waals surface area (Å²) < 4.78 is 114. The summed E-state index contributed by atoms with van der Waals surface area (Å²) in [7, 11) is -4.43. The summed E-state index contributed by atoms with van der Waals surface area (Å²) in [6.45, 7) is 12.9. The zero-order valence-electron chi connectivity index (χ0n) is 31.3. The number of hydrogen-bond donors (Lipinski definition) is 2. The third kappa shape index (κ3) is 51.2. The highest BCUT2D eigenvalue weighted by Crippen LogP contribution is 1.89. The highest BCUT2D eigenvalue weighted by Gasteiger charge is 2.03. The van der Waals surface area contributed by atoms with Crippen molar-refractivity contribution in [3.63, 3.8) is 0 Å². The lowest BCUT2D eigenvalue weighted by Gasteiger charge is -2.09. The third-order valence-corrected chi connectivity index (χ3v) is 6.37. The Bertz CT molecular complexity index is 784. The van der Waals surface area contributed by atoms with Gasteiger partial charge in [-0.25, -0.2) is 4.18 Å². The monoisotopic (exact) mass is 802 g/mol. The van der Waals surface area contributed by atoms with Crippen LogP contribution in [0.3, 0.4) is 0 Å². The maximum Gasteiger partial charge on any atom is 0.397 e. The molecule has 0 radical (unpaired) electrons. The molecule has 0 heterocycles. The van der Waals surface area contributed by atoms with Crippen LogP contribution >= 0.6 is 0 Å². The van der Waals surface area contributed by atoms with Gasteiger partial charge in [-0.1, -0.05) is 0 Å². The van der Waals surface area contributed by atoms with Crippen molar-refractivity contribution in [1.29, 1.82) is 0 Å². The Morgan fingerprint density at radius 1 is 0.245 bits per heavy atom. The third-order valence-electron chi connectivity index (χ3n) is 5.90. The van der Waals surface area contributed by atoms with Crippen molar-refractivity contribution in [2.75, 3.05) is 211 Å². The van der Waals surface area contributed by atoms with E-state index in [4.69, 9.17) is 80.7 Å². The predicted molar refractivity (Wildman–Crippen MR) is 187 cm³/mol. The van der Waals surface area contributed by atoms with E-state index >= 15 is 0 Å². The Labute approximate surface area is 315 Å². The standard InChI is InChI=1S/C32H66O20S/c33-1-2-37-3-4-38-5-6-39-7-8-40-9-10-41-11-12-42-13-14-43-15-16-44-17-18-45-19-20-46-21-22-47-23-24-48-25-26-49-27-28-50-29-30-51-31-32-52-53(34,35)36/h33H,1-32H2,(H,34,35,36). The van der Waals surface area contributed by atoms with Gasteiger partial charge in [0.25, 0.3) is 0 Å². The molecule has 0 aliphatic carbocycles. The Balaban J connectivity index is 3.06. The van der Waals surface area contributed by atoms with Crippen molar-refractivity contribution in [2.45, 2.75) is 0 Å². The van der Waals surface area contributed by atoms with Crippen LogP contribution < -0.4 is 0 Å². The second-order valence-corrected chi connectivity index (χ2v) is 11.3. The van der Waals surface area contributed by atoms with Crippen molar-refractivity contribution in [1.82, 2.24) is 0 Å². The molecule has 0 saturated carbocycles. The van der Waals surface area contributed by atoms with Gasteiger partial charge < -0.3 is 76.2 Å². The van der Waals surface area contributed by atoms with Gasteiger partial charge in [-0.05, 0) is 0 Å². The predicted octanol–water partition coefficient (Wildman–Crippen LogP) is -0.953. The number of aliphatic hydroxyl groups is 1. The fourth-order valence-corrected chi connectivity index (χ4v) is 3.72. The summed E-state index contributed by atoms with van der Waals surface area (Å²) in [5, 5.41) is 8.58. The molecule has 0 aromatic carbocycles. The summed E-state index contributed by atoms with van der Waals surface area (Å²) in [5.74, 6) is 0. The topological polar surface area (TPSA) is 222 Å². The lowest BCUT2D eigenvalue weighted by Crippen LogP contribution is -2.16. The van der Waals surface area contributed by atoms with Gasteiger partial charge in [0.1, 0.15) is 0 Å². The van der Waals surface area contributed by atoms with Crippen LogP contribution in [0.25, 0.3) is 0 Å². The summed E-state index contributed by atoms with van der Waals surface area (Å²) >= 11 is 0. The summed E-state index contributed by atoms with van der Waals surface area (Å²) in [6.07, 6.45) is 0. The largest absolute Gasteiger partial charge is 0.397 e. The first-order chi connectivity index (χ1) is 26.1. The Morgan fingerprint density at radius 3 is 0.509 bits per heavy atom. The maximum absolute atomic E-state index is 10.3. The average Bonchev–Trinajstić information content (AvgIpc) is 3.14. The molecule has 0 aromatic rings. The van der Waals surface area contributed by atoms with Crippen molar-refractivity contribution in [3.8, 4) is 0 Å². The second kappa shape index (κ2) is 45.6. The van der Waals surface area contributed by atoms with Crippen LogP contribution in [0.5, 0.6) is 0 Å².